The van der Waals surface area contributed by atoms with Crippen LogP contribution in [0.4, 0.5) is 0 Å². The van der Waals surface area contributed by atoms with Gasteiger partial charge in [-0.1, -0.05) is 30.3 Å². The van der Waals surface area contributed by atoms with Gasteiger partial charge in [0.25, 0.3) is 5.91 Å². The van der Waals surface area contributed by atoms with Gasteiger partial charge in [0.1, 0.15) is 5.69 Å². The van der Waals surface area contributed by atoms with Crippen molar-refractivity contribution in [1.29, 1.82) is 0 Å². The molecule has 0 saturated carbocycles. The molecule has 4 rings (SSSR count). The Kier molecular flexibility index (Phi) is 5.37. The van der Waals surface area contributed by atoms with Crippen molar-refractivity contribution in [3.63, 3.8) is 0 Å². The number of pyridine rings is 1. The van der Waals surface area contributed by atoms with Gasteiger partial charge >= 0.3 is 0 Å². The summed E-state index contributed by atoms with van der Waals surface area (Å²) in [7, 11) is -1.54. The fourth-order valence-electron chi connectivity index (χ4n) is 3.49. The van der Waals surface area contributed by atoms with Crippen LogP contribution in [0.25, 0.3) is 22.4 Å². The van der Waals surface area contributed by atoms with E-state index in [1.165, 1.54) is 6.26 Å². The van der Waals surface area contributed by atoms with E-state index in [1.54, 1.807) is 60.7 Å². The number of hydrogen-bond acceptors (Lipinski definition) is 5. The van der Waals surface area contributed by atoms with Crippen LogP contribution >= 0.6 is 0 Å². The number of hydrogen-bond donors (Lipinski definition) is 0. The van der Waals surface area contributed by atoms with Crippen molar-refractivity contribution < 1.29 is 17.6 Å². The monoisotopic (exact) mass is 434 g/mol. The van der Waals surface area contributed by atoms with Crippen LogP contribution in [0.3, 0.4) is 0 Å². The molecule has 0 saturated heterocycles. The van der Waals surface area contributed by atoms with Crippen molar-refractivity contribution in [3.8, 4) is 11.5 Å². The van der Waals surface area contributed by atoms with Gasteiger partial charge in [0, 0.05) is 18.7 Å². The van der Waals surface area contributed by atoms with Crippen LogP contribution < -0.4 is 0 Å². The summed E-state index contributed by atoms with van der Waals surface area (Å²) in [6.45, 7) is 1.91. The zero-order valence-electron chi connectivity index (χ0n) is 17.4. The first kappa shape index (κ1) is 20.8. The first-order valence-corrected chi connectivity index (χ1v) is 11.7. The first-order chi connectivity index (χ1) is 14.8. The summed E-state index contributed by atoms with van der Waals surface area (Å²) in [5.74, 6) is 0.429. The molecular formula is C24H22N2O4S. The van der Waals surface area contributed by atoms with E-state index < -0.39 is 9.84 Å². The smallest absolute Gasteiger partial charge is 0.254 e. The Labute approximate surface area is 181 Å². The van der Waals surface area contributed by atoms with E-state index in [-0.39, 0.29) is 16.8 Å². The molecule has 1 atom stereocenters. The minimum absolute atomic E-state index is 0.161. The SMILES string of the molecule is CC(c1ccc(S(C)(=O)=O)cc1)N(C)C(=O)c1cc(-c2ccco2)nc2ccccc12. The molecule has 4 aromatic rings. The first-order valence-electron chi connectivity index (χ1n) is 9.76. The molecule has 0 aliphatic heterocycles. The van der Waals surface area contributed by atoms with Gasteiger partial charge < -0.3 is 9.32 Å². The standard InChI is InChI=1S/C24H22N2O4S/c1-16(17-10-12-18(13-11-17)31(3,28)29)26(2)24(27)20-15-22(23-9-6-14-30-23)25-21-8-5-4-7-19(20)21/h4-16H,1-3H3. The number of amides is 1. The zero-order chi connectivity index (χ0) is 22.2. The number of carbonyl (C=O) groups excluding carboxylic acids is 1. The van der Waals surface area contributed by atoms with Crippen LogP contribution in [0.2, 0.25) is 0 Å². The van der Waals surface area contributed by atoms with Crippen molar-refractivity contribution in [1.82, 2.24) is 9.88 Å². The van der Waals surface area contributed by atoms with Crippen LogP contribution in [0, 0.1) is 0 Å². The highest BCUT2D eigenvalue weighted by Crippen LogP contribution is 2.28. The molecule has 0 radical (unpaired) electrons. The molecule has 158 valence electrons. The van der Waals surface area contributed by atoms with Gasteiger partial charge in [0.2, 0.25) is 0 Å². The van der Waals surface area contributed by atoms with Crippen LogP contribution in [0.5, 0.6) is 0 Å². The Balaban J connectivity index is 1.71. The molecular weight excluding hydrogens is 412 g/mol. The molecule has 2 aromatic carbocycles. The number of aromatic nitrogens is 1. The highest BCUT2D eigenvalue weighted by Gasteiger charge is 2.23. The zero-order valence-corrected chi connectivity index (χ0v) is 18.3. The lowest BCUT2D eigenvalue weighted by atomic mass is 10.0. The van der Waals surface area contributed by atoms with Gasteiger partial charge in [-0.15, -0.1) is 0 Å². The molecule has 0 fully saturated rings. The normalized spacial score (nSPS) is 12.6. The van der Waals surface area contributed by atoms with Gasteiger partial charge in [-0.25, -0.2) is 13.4 Å². The molecule has 7 heteroatoms. The van der Waals surface area contributed by atoms with Crippen LogP contribution in [-0.2, 0) is 9.84 Å². The molecule has 0 aliphatic rings. The second kappa shape index (κ2) is 8.00. The minimum Gasteiger partial charge on any atom is -0.463 e. The summed E-state index contributed by atoms with van der Waals surface area (Å²) in [5, 5.41) is 0.759. The number of nitrogens with zero attached hydrogens (tertiary/aromatic N) is 2. The topological polar surface area (TPSA) is 80.5 Å². The Morgan fingerprint density at radius 1 is 1.03 bits per heavy atom. The number of sulfone groups is 1. The highest BCUT2D eigenvalue weighted by molar-refractivity contribution is 7.90. The number of carbonyl (C=O) groups is 1. The lowest BCUT2D eigenvalue weighted by Crippen LogP contribution is -2.30. The fraction of sp³-hybridized carbons (Fsp3) is 0.167. The largest absolute Gasteiger partial charge is 0.463 e. The Hall–Kier alpha value is -3.45. The summed E-state index contributed by atoms with van der Waals surface area (Å²) >= 11 is 0. The van der Waals surface area contributed by atoms with E-state index in [1.807, 2.05) is 31.2 Å². The highest BCUT2D eigenvalue weighted by atomic mass is 32.2. The third-order valence-electron chi connectivity index (χ3n) is 5.41. The van der Waals surface area contributed by atoms with Crippen molar-refractivity contribution in [2.24, 2.45) is 0 Å². The average Bonchev–Trinajstić information content (AvgIpc) is 3.31. The van der Waals surface area contributed by atoms with Crippen molar-refractivity contribution in [3.05, 3.63) is 84.1 Å². The second-order valence-corrected chi connectivity index (χ2v) is 9.50. The average molecular weight is 435 g/mol. The molecule has 2 heterocycles. The molecule has 6 nitrogen and oxygen atoms in total. The fourth-order valence-corrected chi connectivity index (χ4v) is 4.12. The van der Waals surface area contributed by atoms with Crippen molar-refractivity contribution in [2.75, 3.05) is 13.3 Å². The molecule has 1 amide bonds. The van der Waals surface area contributed by atoms with E-state index in [0.717, 1.165) is 10.9 Å². The molecule has 2 aromatic heterocycles. The van der Waals surface area contributed by atoms with E-state index in [2.05, 4.69) is 4.98 Å². The number of benzene rings is 2. The second-order valence-electron chi connectivity index (χ2n) is 7.48. The summed E-state index contributed by atoms with van der Waals surface area (Å²) in [6, 6.07) is 19.2. The number of furan rings is 1. The maximum atomic E-state index is 13.5. The van der Waals surface area contributed by atoms with E-state index in [0.29, 0.717) is 22.5 Å². The van der Waals surface area contributed by atoms with E-state index in [4.69, 9.17) is 4.42 Å². The van der Waals surface area contributed by atoms with Gasteiger partial charge in [-0.05, 0) is 48.9 Å². The molecule has 0 bridgehead atoms. The van der Waals surface area contributed by atoms with Crippen molar-refractivity contribution in [2.45, 2.75) is 17.9 Å². The predicted molar refractivity (Wildman–Crippen MR) is 120 cm³/mol. The lowest BCUT2D eigenvalue weighted by Gasteiger charge is -2.26. The Morgan fingerprint density at radius 3 is 2.39 bits per heavy atom. The predicted octanol–water partition coefficient (Wildman–Crippen LogP) is 4.73. The molecule has 0 aliphatic carbocycles. The molecule has 31 heavy (non-hydrogen) atoms. The Morgan fingerprint density at radius 2 is 1.74 bits per heavy atom. The van der Waals surface area contributed by atoms with Gasteiger partial charge in [-0.3, -0.25) is 4.79 Å². The van der Waals surface area contributed by atoms with Crippen LogP contribution in [-0.4, -0.2) is 37.5 Å². The van der Waals surface area contributed by atoms with Crippen LogP contribution in [0.15, 0.2) is 82.3 Å². The van der Waals surface area contributed by atoms with Crippen molar-refractivity contribution >= 4 is 26.6 Å². The third kappa shape index (κ3) is 4.09. The number of para-hydroxylation sites is 1. The van der Waals surface area contributed by atoms with E-state index >= 15 is 0 Å². The minimum atomic E-state index is -3.27. The molecule has 0 N–H and O–H groups in total. The van der Waals surface area contributed by atoms with Gasteiger partial charge in [0.15, 0.2) is 15.6 Å². The lowest BCUT2D eigenvalue weighted by molar-refractivity contribution is 0.0744. The quantitative estimate of drug-likeness (QED) is 0.454. The van der Waals surface area contributed by atoms with Crippen LogP contribution in [0.1, 0.15) is 28.9 Å². The summed E-state index contributed by atoms with van der Waals surface area (Å²) < 4.78 is 28.9. The number of fused-ring (bicyclic) bond motifs is 1. The molecule has 1 unspecified atom stereocenters. The van der Waals surface area contributed by atoms with E-state index in [9.17, 15) is 13.2 Å². The maximum absolute atomic E-state index is 13.5. The van der Waals surface area contributed by atoms with Gasteiger partial charge in [-0.2, -0.15) is 0 Å². The summed E-state index contributed by atoms with van der Waals surface area (Å²) in [4.78, 5) is 20.0. The Bertz CT molecular complexity index is 1340. The number of rotatable bonds is 5. The maximum Gasteiger partial charge on any atom is 0.254 e. The summed E-state index contributed by atoms with van der Waals surface area (Å²) in [5.41, 5.74) is 2.66. The van der Waals surface area contributed by atoms with Gasteiger partial charge in [0.05, 0.1) is 28.3 Å². The summed E-state index contributed by atoms with van der Waals surface area (Å²) in [6.07, 6.45) is 2.74. The third-order valence-corrected chi connectivity index (χ3v) is 6.54. The molecule has 0 spiro atoms.